The summed E-state index contributed by atoms with van der Waals surface area (Å²) in [4.78, 5) is 11.0. The highest BCUT2D eigenvalue weighted by atomic mass is 19.4. The molecule has 7 nitrogen and oxygen atoms in total. The summed E-state index contributed by atoms with van der Waals surface area (Å²) in [7, 11) is 0. The number of alkyl halides is 6. The van der Waals surface area contributed by atoms with Crippen LogP contribution >= 0.6 is 0 Å². The van der Waals surface area contributed by atoms with Crippen molar-refractivity contribution in [3.05, 3.63) is 62.6 Å². The Kier molecular flexibility index (Phi) is 7.19. The van der Waals surface area contributed by atoms with E-state index in [2.05, 4.69) is 5.18 Å². The maximum absolute atomic E-state index is 14.4. The molecule has 0 aliphatic carbocycles. The van der Waals surface area contributed by atoms with Crippen molar-refractivity contribution in [1.29, 1.82) is 0 Å². The van der Waals surface area contributed by atoms with Crippen molar-refractivity contribution in [3.63, 3.8) is 0 Å². The highest BCUT2D eigenvalue weighted by molar-refractivity contribution is 5.59. The van der Waals surface area contributed by atoms with E-state index in [9.17, 15) is 56.8 Å². The number of rotatable bonds is 7. The Morgan fingerprint density at radius 3 is 1.22 bits per heavy atom. The van der Waals surface area contributed by atoms with E-state index in [1.54, 1.807) is 0 Å². The Bertz CT molecular complexity index is 941. The Balaban J connectivity index is 3.15. The monoisotopic (exact) mass is 469 g/mol. The fourth-order valence-electron chi connectivity index (χ4n) is 3.53. The SMILES string of the molecule is O=Nc1c(CO)cc(C(c2cc(CO)c(O)c(CO)c2)(C(F)(F)F)C(F)(F)F)cc1CO. The molecule has 0 saturated heterocycles. The van der Waals surface area contributed by atoms with E-state index in [-0.39, 0.29) is 0 Å². The van der Waals surface area contributed by atoms with Gasteiger partial charge in [-0.25, -0.2) is 0 Å². The third kappa shape index (κ3) is 3.92. The smallest absolute Gasteiger partial charge is 0.411 e. The highest BCUT2D eigenvalue weighted by Gasteiger charge is 2.72. The zero-order chi connectivity index (χ0) is 24.5. The van der Waals surface area contributed by atoms with Crippen LogP contribution in [0.5, 0.6) is 5.75 Å². The molecule has 0 aliphatic heterocycles. The lowest BCUT2D eigenvalue weighted by molar-refractivity contribution is -0.288. The number of nitrogens with zero attached hydrogens (tertiary/aromatic N) is 1. The van der Waals surface area contributed by atoms with Crippen LogP contribution in [-0.2, 0) is 31.8 Å². The maximum atomic E-state index is 14.4. The summed E-state index contributed by atoms with van der Waals surface area (Å²) in [6.07, 6.45) is -12.2. The average Bonchev–Trinajstić information content (AvgIpc) is 2.71. The lowest BCUT2D eigenvalue weighted by Gasteiger charge is -2.39. The van der Waals surface area contributed by atoms with Gasteiger partial charge in [0.25, 0.3) is 0 Å². The third-order valence-corrected chi connectivity index (χ3v) is 5.02. The minimum atomic E-state index is -6.09. The van der Waals surface area contributed by atoms with Gasteiger partial charge < -0.3 is 25.5 Å². The molecule has 0 spiro atoms. The van der Waals surface area contributed by atoms with Crippen LogP contribution in [0.25, 0.3) is 0 Å². The first-order chi connectivity index (χ1) is 14.8. The van der Waals surface area contributed by atoms with Crippen LogP contribution in [0, 0.1) is 4.91 Å². The Hall–Kier alpha value is -2.74. The molecule has 32 heavy (non-hydrogen) atoms. The first-order valence-corrected chi connectivity index (χ1v) is 8.75. The number of hydrogen-bond donors (Lipinski definition) is 5. The van der Waals surface area contributed by atoms with Gasteiger partial charge in [-0.1, -0.05) is 0 Å². The van der Waals surface area contributed by atoms with Gasteiger partial charge in [0.1, 0.15) is 11.4 Å². The van der Waals surface area contributed by atoms with Crippen molar-refractivity contribution < 1.29 is 51.9 Å². The number of aromatic hydroxyl groups is 1. The molecule has 0 fully saturated rings. The van der Waals surface area contributed by atoms with Crippen LogP contribution in [0.1, 0.15) is 33.4 Å². The molecule has 0 radical (unpaired) electrons. The molecule has 0 heterocycles. The van der Waals surface area contributed by atoms with E-state index in [0.29, 0.717) is 24.3 Å². The standard InChI is InChI=1S/C19H17F6NO6/c20-18(21,22)17(19(23,24)25,14-3-11(7-29)16(31)12(4-14)8-30)13-1-9(5-27)15(26-32)10(2-13)6-28/h1-4,27-31H,5-8H2. The number of benzene rings is 2. The predicted octanol–water partition coefficient (Wildman–Crippen LogP) is 3.17. The summed E-state index contributed by atoms with van der Waals surface area (Å²) in [6.45, 7) is -4.60. The lowest BCUT2D eigenvalue weighted by atomic mass is 9.71. The normalized spacial score (nSPS) is 12.8. The van der Waals surface area contributed by atoms with E-state index in [1.165, 1.54) is 0 Å². The molecule has 0 bridgehead atoms. The van der Waals surface area contributed by atoms with E-state index in [4.69, 9.17) is 0 Å². The summed E-state index contributed by atoms with van der Waals surface area (Å²) >= 11 is 0. The van der Waals surface area contributed by atoms with E-state index >= 15 is 0 Å². The Morgan fingerprint density at radius 2 is 0.969 bits per heavy atom. The van der Waals surface area contributed by atoms with Gasteiger partial charge in [-0.2, -0.15) is 26.3 Å². The van der Waals surface area contributed by atoms with Crippen LogP contribution in [-0.4, -0.2) is 37.9 Å². The quantitative estimate of drug-likeness (QED) is 0.313. The number of phenols is 1. The lowest BCUT2D eigenvalue weighted by Crippen LogP contribution is -2.55. The largest absolute Gasteiger partial charge is 0.507 e. The van der Waals surface area contributed by atoms with E-state index in [1.807, 2.05) is 0 Å². The number of aliphatic hydroxyl groups is 4. The number of hydrogen-bond acceptors (Lipinski definition) is 7. The molecular formula is C19H17F6NO6. The van der Waals surface area contributed by atoms with Gasteiger partial charge in [0.05, 0.1) is 26.4 Å². The first kappa shape index (κ1) is 25.5. The van der Waals surface area contributed by atoms with Crippen molar-refractivity contribution in [3.8, 4) is 5.75 Å². The second-order valence-corrected chi connectivity index (χ2v) is 6.76. The maximum Gasteiger partial charge on any atom is 0.411 e. The van der Waals surface area contributed by atoms with Gasteiger partial charge in [0, 0.05) is 22.3 Å². The predicted molar refractivity (Wildman–Crippen MR) is 96.6 cm³/mol. The minimum absolute atomic E-state index is 0.290. The summed E-state index contributed by atoms with van der Waals surface area (Å²) in [6, 6.07) is 1.17. The molecule has 0 saturated carbocycles. The number of halogens is 6. The second kappa shape index (κ2) is 9.02. The fraction of sp³-hybridized carbons (Fsp3) is 0.368. The molecule has 0 unspecified atom stereocenters. The van der Waals surface area contributed by atoms with Crippen molar-refractivity contribution >= 4 is 5.69 Å². The minimum Gasteiger partial charge on any atom is -0.507 e. The molecule has 0 amide bonds. The van der Waals surface area contributed by atoms with Crippen LogP contribution in [0.3, 0.4) is 0 Å². The van der Waals surface area contributed by atoms with Gasteiger partial charge in [-0.3, -0.25) is 0 Å². The molecule has 13 heteroatoms. The van der Waals surface area contributed by atoms with Gasteiger partial charge >= 0.3 is 12.4 Å². The van der Waals surface area contributed by atoms with Crippen LogP contribution < -0.4 is 0 Å². The van der Waals surface area contributed by atoms with Gasteiger partial charge in [0.2, 0.25) is 5.41 Å². The van der Waals surface area contributed by atoms with Gasteiger partial charge in [-0.05, 0) is 40.6 Å². The summed E-state index contributed by atoms with van der Waals surface area (Å²) in [5, 5.41) is 49.8. The first-order valence-electron chi connectivity index (χ1n) is 8.75. The van der Waals surface area contributed by atoms with Crippen LogP contribution in [0.2, 0.25) is 0 Å². The molecule has 0 aromatic heterocycles. The average molecular weight is 469 g/mol. The molecule has 2 rings (SSSR count). The van der Waals surface area contributed by atoms with E-state index in [0.717, 1.165) is 0 Å². The van der Waals surface area contributed by atoms with Crippen molar-refractivity contribution in [1.82, 2.24) is 0 Å². The molecular weight excluding hydrogens is 452 g/mol. The Labute approximate surface area is 176 Å². The third-order valence-electron chi connectivity index (χ3n) is 5.02. The summed E-state index contributed by atoms with van der Waals surface area (Å²) in [5.74, 6) is -0.885. The number of nitroso groups, excluding NO2 is 1. The molecule has 0 atom stereocenters. The molecule has 5 N–H and O–H groups in total. The highest BCUT2D eigenvalue weighted by Crippen LogP contribution is 2.57. The summed E-state index contributed by atoms with van der Waals surface area (Å²) < 4.78 is 86.1. The topological polar surface area (TPSA) is 131 Å². The van der Waals surface area contributed by atoms with Crippen molar-refractivity contribution in [2.75, 3.05) is 0 Å². The van der Waals surface area contributed by atoms with Crippen LogP contribution in [0.15, 0.2) is 29.4 Å². The van der Waals surface area contributed by atoms with Crippen molar-refractivity contribution in [2.45, 2.75) is 44.2 Å². The zero-order valence-corrected chi connectivity index (χ0v) is 16.0. The summed E-state index contributed by atoms with van der Waals surface area (Å²) in [5.41, 5.74) is -11.3. The molecule has 2 aromatic rings. The molecule has 176 valence electrons. The molecule has 0 aliphatic rings. The second-order valence-electron chi connectivity index (χ2n) is 6.76. The van der Waals surface area contributed by atoms with Crippen molar-refractivity contribution in [2.24, 2.45) is 5.18 Å². The zero-order valence-electron chi connectivity index (χ0n) is 16.0. The van der Waals surface area contributed by atoms with Crippen LogP contribution in [0.4, 0.5) is 32.0 Å². The molecule has 2 aromatic carbocycles. The Morgan fingerprint density at radius 1 is 0.656 bits per heavy atom. The van der Waals surface area contributed by atoms with Gasteiger partial charge in [0.15, 0.2) is 0 Å². The van der Waals surface area contributed by atoms with Gasteiger partial charge in [-0.15, -0.1) is 4.91 Å². The fourth-order valence-corrected chi connectivity index (χ4v) is 3.53. The number of aliphatic hydroxyl groups excluding tert-OH is 4. The van der Waals surface area contributed by atoms with E-state index < -0.39 is 89.0 Å².